The zero-order valence-corrected chi connectivity index (χ0v) is 18.2. The summed E-state index contributed by atoms with van der Waals surface area (Å²) in [6.07, 6.45) is -2.12. The van der Waals surface area contributed by atoms with Gasteiger partial charge in [0, 0.05) is 38.6 Å². The van der Waals surface area contributed by atoms with Gasteiger partial charge in [0.25, 0.3) is 11.5 Å². The quantitative estimate of drug-likeness (QED) is 0.453. The Morgan fingerprint density at radius 1 is 1.38 bits per heavy atom. The highest BCUT2D eigenvalue weighted by Gasteiger charge is 2.48. The number of amides is 2. The van der Waals surface area contributed by atoms with Gasteiger partial charge in [-0.3, -0.25) is 4.79 Å². The lowest BCUT2D eigenvalue weighted by molar-refractivity contribution is -0.138. The molecule has 0 saturated carbocycles. The van der Waals surface area contributed by atoms with E-state index in [0.717, 1.165) is 20.3 Å². The molecular weight excluding hydrogens is 465 g/mol. The van der Waals surface area contributed by atoms with Gasteiger partial charge < -0.3 is 30.8 Å². The van der Waals surface area contributed by atoms with Gasteiger partial charge in [0.2, 0.25) is 0 Å². The minimum absolute atomic E-state index is 0.0811. The topological polar surface area (TPSA) is 120 Å². The number of halogens is 5. The van der Waals surface area contributed by atoms with Gasteiger partial charge in [-0.25, -0.2) is 18.6 Å². The Labute approximate surface area is 190 Å². The number of nitrogens with one attached hydrogen (secondary N) is 2. The van der Waals surface area contributed by atoms with E-state index in [1.54, 1.807) is 0 Å². The second-order valence-electron chi connectivity index (χ2n) is 7.90. The molecule has 2 aromatic rings. The van der Waals surface area contributed by atoms with Gasteiger partial charge in [0.1, 0.15) is 17.5 Å². The van der Waals surface area contributed by atoms with E-state index in [-0.39, 0.29) is 24.3 Å². The maximum atomic E-state index is 15.0. The van der Waals surface area contributed by atoms with Crippen LogP contribution in [-0.4, -0.2) is 58.8 Å². The smallest absolute Gasteiger partial charge is 0.383 e. The summed E-state index contributed by atoms with van der Waals surface area (Å²) in [5.74, 6) is -3.33. The fraction of sp³-hybridized carbons (Fsp3) is 0.400. The van der Waals surface area contributed by atoms with Crippen molar-refractivity contribution in [2.24, 2.45) is 7.05 Å². The lowest BCUT2D eigenvalue weighted by atomic mass is 9.99. The molecule has 0 radical (unpaired) electrons. The third-order valence-corrected chi connectivity index (χ3v) is 5.56. The van der Waals surface area contributed by atoms with Crippen molar-refractivity contribution >= 4 is 29.4 Å². The standard InChI is InChI=1S/C20H22F5N7O2/c1-30-9-12(20(23,24)25)6-14(17(30)33)29-18(34)31(2)15-3-4-32(10-19(15,21)22)13-5-11(7-26)16(27)28-8-13/h5-9,15,26H,3-4,10H2,1-2H3,(H2,27,28)(H,29,34). The fourth-order valence-corrected chi connectivity index (χ4v) is 3.70. The predicted octanol–water partition coefficient (Wildman–Crippen LogP) is 2.76. The van der Waals surface area contributed by atoms with Crippen molar-refractivity contribution < 1.29 is 26.7 Å². The molecule has 14 heteroatoms. The van der Waals surface area contributed by atoms with Crippen molar-refractivity contribution in [2.75, 3.05) is 36.1 Å². The molecule has 3 rings (SSSR count). The summed E-state index contributed by atoms with van der Waals surface area (Å²) in [6, 6.07) is -0.813. The van der Waals surface area contributed by atoms with E-state index in [1.807, 2.05) is 5.32 Å². The van der Waals surface area contributed by atoms with Crippen molar-refractivity contribution in [3.05, 3.63) is 46.0 Å². The zero-order valence-electron chi connectivity index (χ0n) is 18.2. The molecule has 1 saturated heterocycles. The Balaban J connectivity index is 1.77. The SMILES string of the molecule is CN(C(=O)Nc1cc(C(F)(F)F)cn(C)c1=O)C1CCN(c2cnc(N)c(C=N)c2)CC1(F)F. The van der Waals surface area contributed by atoms with Crippen LogP contribution >= 0.6 is 0 Å². The number of anilines is 3. The molecule has 1 aliphatic rings. The van der Waals surface area contributed by atoms with E-state index < -0.39 is 47.5 Å². The number of nitrogens with zero attached hydrogens (tertiary/aromatic N) is 4. The molecule has 0 aliphatic carbocycles. The number of aromatic nitrogens is 2. The molecule has 9 nitrogen and oxygen atoms in total. The zero-order chi connectivity index (χ0) is 25.4. The van der Waals surface area contributed by atoms with Crippen LogP contribution in [0.3, 0.4) is 0 Å². The Morgan fingerprint density at radius 2 is 2.06 bits per heavy atom. The molecule has 3 heterocycles. The van der Waals surface area contributed by atoms with Gasteiger partial charge in [-0.1, -0.05) is 0 Å². The van der Waals surface area contributed by atoms with Gasteiger partial charge in [-0.05, 0) is 18.6 Å². The lowest BCUT2D eigenvalue weighted by Crippen LogP contribution is -2.59. The number of hydrogen-bond donors (Lipinski definition) is 3. The molecule has 1 fully saturated rings. The first-order valence-electron chi connectivity index (χ1n) is 9.95. The van der Waals surface area contributed by atoms with Gasteiger partial charge in [-0.2, -0.15) is 13.2 Å². The molecule has 1 atom stereocenters. The average molecular weight is 487 g/mol. The summed E-state index contributed by atoms with van der Waals surface area (Å²) in [6.45, 7) is -0.671. The highest BCUT2D eigenvalue weighted by atomic mass is 19.4. The van der Waals surface area contributed by atoms with Crippen LogP contribution in [0.15, 0.2) is 29.3 Å². The number of carbonyl (C=O) groups is 1. The minimum atomic E-state index is -4.77. The maximum Gasteiger partial charge on any atom is 0.417 e. The Morgan fingerprint density at radius 3 is 2.65 bits per heavy atom. The van der Waals surface area contributed by atoms with Gasteiger partial charge >= 0.3 is 12.2 Å². The second-order valence-corrected chi connectivity index (χ2v) is 7.90. The number of hydrogen-bond acceptors (Lipinski definition) is 6. The molecule has 1 aliphatic heterocycles. The Kier molecular flexibility index (Phi) is 6.53. The highest BCUT2D eigenvalue weighted by Crippen LogP contribution is 2.34. The largest absolute Gasteiger partial charge is 0.417 e. The van der Waals surface area contributed by atoms with Gasteiger partial charge in [0.05, 0.1) is 24.0 Å². The molecule has 0 spiro atoms. The fourth-order valence-electron chi connectivity index (χ4n) is 3.70. The Bertz CT molecular complexity index is 1160. The number of piperidine rings is 1. The van der Waals surface area contributed by atoms with Gasteiger partial charge in [0.15, 0.2) is 0 Å². The average Bonchev–Trinajstić information content (AvgIpc) is 2.75. The van der Waals surface area contributed by atoms with E-state index in [2.05, 4.69) is 4.98 Å². The number of urea groups is 1. The van der Waals surface area contributed by atoms with E-state index >= 15 is 8.78 Å². The maximum absolute atomic E-state index is 15.0. The first-order chi connectivity index (χ1) is 15.7. The van der Waals surface area contributed by atoms with E-state index in [9.17, 15) is 22.8 Å². The van der Waals surface area contributed by atoms with Gasteiger partial charge in [-0.15, -0.1) is 0 Å². The first-order valence-corrected chi connectivity index (χ1v) is 9.95. The lowest BCUT2D eigenvalue weighted by Gasteiger charge is -2.42. The second kappa shape index (κ2) is 8.91. The number of pyridine rings is 2. The minimum Gasteiger partial charge on any atom is -0.383 e. The van der Waals surface area contributed by atoms with Crippen LogP contribution in [0.2, 0.25) is 0 Å². The van der Waals surface area contributed by atoms with Crippen LogP contribution in [0.1, 0.15) is 17.5 Å². The van der Waals surface area contributed by atoms with Crippen LogP contribution in [0.5, 0.6) is 0 Å². The van der Waals surface area contributed by atoms with Crippen molar-refractivity contribution in [1.29, 1.82) is 5.41 Å². The van der Waals surface area contributed by atoms with Crippen molar-refractivity contribution in [2.45, 2.75) is 24.6 Å². The van der Waals surface area contributed by atoms with E-state index in [0.29, 0.717) is 27.4 Å². The number of nitrogens with two attached hydrogens (primary N) is 1. The third-order valence-electron chi connectivity index (χ3n) is 5.56. The third kappa shape index (κ3) is 4.94. The number of carbonyl (C=O) groups excluding carboxylic acids is 1. The number of alkyl halides is 5. The summed E-state index contributed by atoms with van der Waals surface area (Å²) >= 11 is 0. The molecule has 4 N–H and O–H groups in total. The first kappa shape index (κ1) is 24.9. The molecule has 34 heavy (non-hydrogen) atoms. The molecule has 1 unspecified atom stereocenters. The number of aryl methyl sites for hydroxylation is 1. The summed E-state index contributed by atoms with van der Waals surface area (Å²) in [7, 11) is 2.16. The number of nitrogen functional groups attached to an aromatic ring is 1. The van der Waals surface area contributed by atoms with Crippen LogP contribution in [0.25, 0.3) is 0 Å². The molecule has 2 aromatic heterocycles. The summed E-state index contributed by atoms with van der Waals surface area (Å²) in [5, 5.41) is 9.35. The molecule has 184 valence electrons. The summed E-state index contributed by atoms with van der Waals surface area (Å²) in [5.41, 5.74) is 3.44. The normalized spacial score (nSPS) is 17.9. The van der Waals surface area contributed by atoms with Crippen LogP contribution in [0, 0.1) is 5.41 Å². The van der Waals surface area contributed by atoms with Crippen molar-refractivity contribution in [1.82, 2.24) is 14.5 Å². The molecule has 0 bridgehead atoms. The summed E-state index contributed by atoms with van der Waals surface area (Å²) in [4.78, 5) is 30.7. The van der Waals surface area contributed by atoms with Crippen molar-refractivity contribution in [3.8, 4) is 0 Å². The van der Waals surface area contributed by atoms with Crippen LogP contribution in [0.4, 0.5) is 43.9 Å². The molecule has 0 aromatic carbocycles. The Hall–Kier alpha value is -3.71. The molecule has 2 amide bonds. The monoisotopic (exact) mass is 487 g/mol. The highest BCUT2D eigenvalue weighted by molar-refractivity contribution is 5.89. The molecular formula is C20H22F5N7O2. The number of rotatable bonds is 4. The van der Waals surface area contributed by atoms with Crippen LogP contribution < -0.4 is 21.5 Å². The van der Waals surface area contributed by atoms with E-state index in [1.165, 1.54) is 17.2 Å². The summed E-state index contributed by atoms with van der Waals surface area (Å²) < 4.78 is 69.8. The van der Waals surface area contributed by atoms with Crippen LogP contribution in [-0.2, 0) is 13.2 Å². The van der Waals surface area contributed by atoms with E-state index in [4.69, 9.17) is 11.1 Å². The van der Waals surface area contributed by atoms with Crippen molar-refractivity contribution in [3.63, 3.8) is 0 Å². The predicted molar refractivity (Wildman–Crippen MR) is 116 cm³/mol.